The lowest BCUT2D eigenvalue weighted by Gasteiger charge is -2.29. The Balaban J connectivity index is 1.86. The maximum absolute atomic E-state index is 13.9. The zero-order chi connectivity index (χ0) is 17.8. The minimum absolute atomic E-state index is 0.114. The summed E-state index contributed by atoms with van der Waals surface area (Å²) in [5, 5.41) is 11.0. The zero-order valence-electron chi connectivity index (χ0n) is 13.8. The summed E-state index contributed by atoms with van der Waals surface area (Å²) in [4.78, 5) is 23.1. The summed E-state index contributed by atoms with van der Waals surface area (Å²) in [6, 6.07) is 6.15. The SMILES string of the molecule is COc1cc(N2CCC3(O)C(=O)c4cc(F)c(C)cc4N=C23)ccn1. The number of hydrogen-bond donors (Lipinski definition) is 1. The van der Waals surface area contributed by atoms with Crippen molar-refractivity contribution in [2.75, 3.05) is 18.6 Å². The second-order valence-corrected chi connectivity index (χ2v) is 6.20. The number of anilines is 1. The predicted octanol–water partition coefficient (Wildman–Crippen LogP) is 2.41. The van der Waals surface area contributed by atoms with Crippen LogP contribution in [0.4, 0.5) is 15.8 Å². The normalized spacial score (nSPS) is 21.7. The van der Waals surface area contributed by atoms with E-state index in [1.165, 1.54) is 13.2 Å². The Morgan fingerprint density at radius 1 is 1.36 bits per heavy atom. The molecule has 128 valence electrons. The number of Topliss-reactive ketones (excluding diaryl/α,β-unsaturated/α-hetero) is 1. The van der Waals surface area contributed by atoms with Crippen molar-refractivity contribution in [1.82, 2.24) is 4.98 Å². The van der Waals surface area contributed by atoms with Gasteiger partial charge in [0.25, 0.3) is 0 Å². The monoisotopic (exact) mass is 341 g/mol. The molecule has 2 aromatic rings. The molecule has 4 rings (SSSR count). The van der Waals surface area contributed by atoms with E-state index in [-0.39, 0.29) is 17.8 Å². The molecule has 2 aliphatic rings. The molecule has 1 aromatic heterocycles. The fourth-order valence-corrected chi connectivity index (χ4v) is 3.29. The minimum Gasteiger partial charge on any atom is -0.481 e. The minimum atomic E-state index is -1.74. The van der Waals surface area contributed by atoms with Crippen molar-refractivity contribution in [2.45, 2.75) is 18.9 Å². The highest BCUT2D eigenvalue weighted by molar-refractivity contribution is 6.28. The maximum Gasteiger partial charge on any atom is 0.214 e. The lowest BCUT2D eigenvalue weighted by atomic mass is 9.87. The van der Waals surface area contributed by atoms with E-state index < -0.39 is 17.2 Å². The topological polar surface area (TPSA) is 75.0 Å². The fourth-order valence-electron chi connectivity index (χ4n) is 3.29. The molecule has 0 amide bonds. The first kappa shape index (κ1) is 15.7. The zero-order valence-corrected chi connectivity index (χ0v) is 13.8. The molecule has 0 spiro atoms. The van der Waals surface area contributed by atoms with Crippen LogP contribution in [0.1, 0.15) is 22.3 Å². The molecule has 6 nitrogen and oxygen atoms in total. The summed E-state index contributed by atoms with van der Waals surface area (Å²) in [5.74, 6) is -0.323. The Labute approximate surface area is 143 Å². The molecule has 1 N–H and O–H groups in total. The molecule has 1 aromatic carbocycles. The summed E-state index contributed by atoms with van der Waals surface area (Å²) >= 11 is 0. The smallest absolute Gasteiger partial charge is 0.214 e. The van der Waals surface area contributed by atoms with E-state index in [1.54, 1.807) is 30.2 Å². The number of rotatable bonds is 2. The highest BCUT2D eigenvalue weighted by atomic mass is 19.1. The number of pyridine rings is 1. The predicted molar refractivity (Wildman–Crippen MR) is 90.3 cm³/mol. The lowest BCUT2D eigenvalue weighted by molar-refractivity contribution is 0.0601. The molecule has 7 heteroatoms. The van der Waals surface area contributed by atoms with Crippen molar-refractivity contribution in [3.63, 3.8) is 0 Å². The van der Waals surface area contributed by atoms with Gasteiger partial charge in [0.2, 0.25) is 11.7 Å². The number of aliphatic hydroxyl groups is 1. The Bertz CT molecular complexity index is 928. The second-order valence-electron chi connectivity index (χ2n) is 6.20. The van der Waals surface area contributed by atoms with Gasteiger partial charge in [0.1, 0.15) is 11.7 Å². The van der Waals surface area contributed by atoms with Gasteiger partial charge in [-0.3, -0.25) is 4.79 Å². The third kappa shape index (κ3) is 2.23. The largest absolute Gasteiger partial charge is 0.481 e. The van der Waals surface area contributed by atoms with Crippen LogP contribution in [0.25, 0.3) is 0 Å². The second kappa shape index (κ2) is 5.35. The summed E-state index contributed by atoms with van der Waals surface area (Å²) in [6.07, 6.45) is 1.77. The van der Waals surface area contributed by atoms with E-state index in [4.69, 9.17) is 4.74 Å². The number of aryl methyl sites for hydroxylation is 1. The van der Waals surface area contributed by atoms with Crippen LogP contribution in [0, 0.1) is 12.7 Å². The van der Waals surface area contributed by atoms with E-state index in [0.717, 1.165) is 11.8 Å². The number of ether oxygens (including phenoxy) is 1. The molecule has 0 radical (unpaired) electrons. The van der Waals surface area contributed by atoms with Gasteiger partial charge in [-0.05, 0) is 30.7 Å². The van der Waals surface area contributed by atoms with Crippen LogP contribution >= 0.6 is 0 Å². The molecule has 1 unspecified atom stereocenters. The number of hydrogen-bond acceptors (Lipinski definition) is 6. The number of methoxy groups -OCH3 is 1. The lowest BCUT2D eigenvalue weighted by Crippen LogP contribution is -2.48. The summed E-state index contributed by atoms with van der Waals surface area (Å²) in [5.41, 5.74) is -0.140. The third-order valence-corrected chi connectivity index (χ3v) is 4.69. The van der Waals surface area contributed by atoms with Crippen LogP contribution in [-0.2, 0) is 0 Å². The van der Waals surface area contributed by atoms with E-state index in [1.807, 2.05) is 0 Å². The number of aliphatic imine (C=N–C) groups is 1. The summed E-state index contributed by atoms with van der Waals surface area (Å²) in [7, 11) is 1.52. The number of carbonyl (C=O) groups excluding carboxylic acids is 1. The van der Waals surface area contributed by atoms with E-state index >= 15 is 0 Å². The number of carbonyl (C=O) groups is 1. The van der Waals surface area contributed by atoms with Crippen LogP contribution in [0.5, 0.6) is 5.88 Å². The van der Waals surface area contributed by atoms with Crippen molar-refractivity contribution >= 4 is 23.0 Å². The van der Waals surface area contributed by atoms with Gasteiger partial charge in [-0.2, -0.15) is 0 Å². The maximum atomic E-state index is 13.9. The van der Waals surface area contributed by atoms with Crippen molar-refractivity contribution in [3.05, 3.63) is 47.4 Å². The number of ketones is 1. The van der Waals surface area contributed by atoms with Crippen molar-refractivity contribution in [3.8, 4) is 5.88 Å². The molecule has 1 atom stereocenters. The first-order valence-electron chi connectivity index (χ1n) is 7.88. The number of amidine groups is 1. The molecule has 25 heavy (non-hydrogen) atoms. The Kier molecular flexibility index (Phi) is 3.36. The Morgan fingerprint density at radius 3 is 2.92 bits per heavy atom. The summed E-state index contributed by atoms with van der Waals surface area (Å²) < 4.78 is 19.0. The van der Waals surface area contributed by atoms with Gasteiger partial charge < -0.3 is 14.7 Å². The first-order valence-corrected chi connectivity index (χ1v) is 7.88. The number of aromatic nitrogens is 1. The number of halogens is 1. The van der Waals surface area contributed by atoms with Crippen LogP contribution in [0.2, 0.25) is 0 Å². The number of benzene rings is 1. The Hall–Kier alpha value is -2.80. The number of nitrogens with zero attached hydrogens (tertiary/aromatic N) is 3. The molecule has 0 saturated carbocycles. The quantitative estimate of drug-likeness (QED) is 0.908. The van der Waals surface area contributed by atoms with Crippen molar-refractivity contribution in [1.29, 1.82) is 0 Å². The third-order valence-electron chi connectivity index (χ3n) is 4.69. The van der Waals surface area contributed by atoms with Crippen LogP contribution in [0.3, 0.4) is 0 Å². The van der Waals surface area contributed by atoms with E-state index in [9.17, 15) is 14.3 Å². The molecule has 2 aliphatic heterocycles. The highest BCUT2D eigenvalue weighted by Gasteiger charge is 2.52. The molecular formula is C18H16FN3O3. The van der Waals surface area contributed by atoms with Gasteiger partial charge in [-0.15, -0.1) is 0 Å². The molecule has 1 saturated heterocycles. The standard InChI is InChI=1S/C18H16FN3O3/c1-10-7-14-12(9-13(10)19)16(23)18(24)4-6-22(17(18)21-14)11-3-5-20-15(8-11)25-2/h3,5,7-9,24H,4,6H2,1-2H3. The summed E-state index contributed by atoms with van der Waals surface area (Å²) in [6.45, 7) is 2.02. The van der Waals surface area contributed by atoms with Gasteiger partial charge in [-0.1, -0.05) is 0 Å². The van der Waals surface area contributed by atoms with Gasteiger partial charge in [0.15, 0.2) is 5.60 Å². The molecule has 1 fully saturated rings. The van der Waals surface area contributed by atoms with Gasteiger partial charge in [-0.25, -0.2) is 14.4 Å². The molecule has 3 heterocycles. The van der Waals surface area contributed by atoms with Gasteiger partial charge in [0.05, 0.1) is 12.8 Å². The molecular weight excluding hydrogens is 325 g/mol. The van der Waals surface area contributed by atoms with Crippen molar-refractivity contribution < 1.29 is 19.0 Å². The molecule has 0 bridgehead atoms. The van der Waals surface area contributed by atoms with Crippen LogP contribution in [0.15, 0.2) is 35.5 Å². The molecule has 0 aliphatic carbocycles. The fraction of sp³-hybridized carbons (Fsp3) is 0.278. The Morgan fingerprint density at radius 2 is 2.16 bits per heavy atom. The first-order chi connectivity index (χ1) is 11.9. The van der Waals surface area contributed by atoms with Gasteiger partial charge >= 0.3 is 0 Å². The highest BCUT2D eigenvalue weighted by Crippen LogP contribution is 2.40. The average molecular weight is 341 g/mol. The van der Waals surface area contributed by atoms with Crippen LogP contribution < -0.4 is 9.64 Å². The van der Waals surface area contributed by atoms with Crippen molar-refractivity contribution in [2.24, 2.45) is 4.99 Å². The van der Waals surface area contributed by atoms with Crippen LogP contribution in [-0.4, -0.2) is 41.0 Å². The van der Waals surface area contributed by atoms with E-state index in [0.29, 0.717) is 23.7 Å². The van der Waals surface area contributed by atoms with E-state index in [2.05, 4.69) is 9.98 Å². The average Bonchev–Trinajstić information content (AvgIpc) is 2.95. The van der Waals surface area contributed by atoms with Gasteiger partial charge in [0, 0.05) is 36.5 Å². The number of fused-ring (bicyclic) bond motifs is 2.